The lowest BCUT2D eigenvalue weighted by molar-refractivity contribution is 0.414. The predicted molar refractivity (Wildman–Crippen MR) is 118 cm³/mol. The molecule has 0 radical (unpaired) electrons. The van der Waals surface area contributed by atoms with Crippen molar-refractivity contribution in [2.24, 2.45) is 4.99 Å². The Hall–Kier alpha value is -3.02. The van der Waals surface area contributed by atoms with E-state index in [9.17, 15) is 0 Å². The van der Waals surface area contributed by atoms with Crippen LogP contribution in [0.25, 0.3) is 11.0 Å². The molecular weight excluding hydrogens is 362 g/mol. The molecule has 1 aliphatic rings. The Labute approximate surface area is 172 Å². The van der Waals surface area contributed by atoms with Gasteiger partial charge in [0, 0.05) is 39.0 Å². The van der Waals surface area contributed by atoms with E-state index in [1.807, 2.05) is 37.4 Å². The van der Waals surface area contributed by atoms with E-state index in [1.54, 1.807) is 7.11 Å². The van der Waals surface area contributed by atoms with Crippen molar-refractivity contribution < 1.29 is 4.74 Å². The molecule has 2 heterocycles. The molecule has 0 amide bonds. The molecule has 0 spiro atoms. The Kier molecular flexibility index (Phi) is 5.98. The summed E-state index contributed by atoms with van der Waals surface area (Å²) in [6.45, 7) is 2.91. The summed E-state index contributed by atoms with van der Waals surface area (Å²) in [4.78, 5) is 14.9. The van der Waals surface area contributed by atoms with Gasteiger partial charge < -0.3 is 19.9 Å². The van der Waals surface area contributed by atoms with Crippen LogP contribution in [0.3, 0.4) is 0 Å². The molecule has 1 aromatic heterocycles. The largest absolute Gasteiger partial charge is 0.497 e. The lowest BCUT2D eigenvalue weighted by Gasteiger charge is -2.21. The minimum absolute atomic E-state index is 0.537. The molecule has 1 unspecified atom stereocenters. The van der Waals surface area contributed by atoms with Crippen LogP contribution in [-0.4, -0.2) is 54.6 Å². The van der Waals surface area contributed by atoms with Crippen LogP contribution in [0, 0.1) is 0 Å². The number of guanidine groups is 1. The number of aromatic nitrogens is 2. The second-order valence-electron chi connectivity index (χ2n) is 7.48. The smallest absolute Gasteiger partial charge is 0.193 e. The van der Waals surface area contributed by atoms with Crippen molar-refractivity contribution in [1.82, 2.24) is 20.2 Å². The molecule has 1 atom stereocenters. The van der Waals surface area contributed by atoms with Crippen molar-refractivity contribution in [3.8, 4) is 5.75 Å². The SMILES string of the molecule is CN=C(NCCCc1nc2ccccc2[nH]1)N1CCC(c2ccc(OC)cc2)C1. The highest BCUT2D eigenvalue weighted by atomic mass is 16.5. The summed E-state index contributed by atoms with van der Waals surface area (Å²) in [7, 11) is 3.57. The summed E-state index contributed by atoms with van der Waals surface area (Å²) < 4.78 is 5.27. The summed E-state index contributed by atoms with van der Waals surface area (Å²) in [5.41, 5.74) is 3.51. The molecule has 29 heavy (non-hydrogen) atoms. The molecule has 1 fully saturated rings. The Balaban J connectivity index is 1.26. The highest BCUT2D eigenvalue weighted by Gasteiger charge is 2.25. The van der Waals surface area contributed by atoms with Gasteiger partial charge in [-0.1, -0.05) is 24.3 Å². The molecule has 3 aromatic rings. The number of imidazole rings is 1. The van der Waals surface area contributed by atoms with E-state index in [-0.39, 0.29) is 0 Å². The number of aromatic amines is 1. The van der Waals surface area contributed by atoms with Crippen molar-refractivity contribution in [3.63, 3.8) is 0 Å². The molecule has 6 nitrogen and oxygen atoms in total. The number of para-hydroxylation sites is 2. The number of nitrogens with one attached hydrogen (secondary N) is 2. The highest BCUT2D eigenvalue weighted by Crippen LogP contribution is 2.28. The highest BCUT2D eigenvalue weighted by molar-refractivity contribution is 5.80. The number of H-pyrrole nitrogens is 1. The third-order valence-electron chi connectivity index (χ3n) is 5.60. The fourth-order valence-electron chi connectivity index (χ4n) is 4.01. The number of hydrogen-bond acceptors (Lipinski definition) is 3. The minimum atomic E-state index is 0.537. The number of hydrogen-bond donors (Lipinski definition) is 2. The number of rotatable bonds is 6. The maximum atomic E-state index is 5.27. The van der Waals surface area contributed by atoms with Crippen LogP contribution in [0.2, 0.25) is 0 Å². The number of benzene rings is 2. The maximum Gasteiger partial charge on any atom is 0.193 e. The standard InChI is InChI=1S/C23H29N5O/c1-24-23(25-14-5-8-22-26-20-6-3-4-7-21(20)27-22)28-15-13-18(16-28)17-9-11-19(29-2)12-10-17/h3-4,6-7,9-12,18H,5,8,13-16H2,1-2H3,(H,24,25)(H,26,27). The summed E-state index contributed by atoms with van der Waals surface area (Å²) in [5.74, 6) is 3.48. The number of aryl methyl sites for hydroxylation is 1. The average Bonchev–Trinajstić information content (AvgIpc) is 3.41. The van der Waals surface area contributed by atoms with Crippen LogP contribution in [0.4, 0.5) is 0 Å². The van der Waals surface area contributed by atoms with Crippen molar-refractivity contribution in [2.75, 3.05) is 33.8 Å². The Bertz CT molecular complexity index is 930. The van der Waals surface area contributed by atoms with Crippen molar-refractivity contribution in [1.29, 1.82) is 0 Å². The first-order valence-corrected chi connectivity index (χ1v) is 10.3. The van der Waals surface area contributed by atoms with Gasteiger partial charge in [0.1, 0.15) is 11.6 Å². The quantitative estimate of drug-likeness (QED) is 0.383. The molecule has 0 saturated carbocycles. The topological polar surface area (TPSA) is 65.5 Å². The van der Waals surface area contributed by atoms with Crippen LogP contribution in [-0.2, 0) is 6.42 Å². The van der Waals surface area contributed by atoms with Gasteiger partial charge in [-0.05, 0) is 42.7 Å². The van der Waals surface area contributed by atoms with Crippen molar-refractivity contribution in [2.45, 2.75) is 25.2 Å². The Morgan fingerprint density at radius 2 is 2.07 bits per heavy atom. The first-order chi connectivity index (χ1) is 14.3. The van der Waals surface area contributed by atoms with Gasteiger partial charge in [-0.15, -0.1) is 0 Å². The molecule has 0 aliphatic carbocycles. The maximum absolute atomic E-state index is 5.27. The molecule has 4 rings (SSSR count). The van der Waals surface area contributed by atoms with Gasteiger partial charge in [0.25, 0.3) is 0 Å². The zero-order valence-corrected chi connectivity index (χ0v) is 17.2. The van der Waals surface area contributed by atoms with Crippen LogP contribution >= 0.6 is 0 Å². The monoisotopic (exact) mass is 391 g/mol. The molecule has 0 bridgehead atoms. The van der Waals surface area contributed by atoms with Crippen molar-refractivity contribution in [3.05, 3.63) is 59.9 Å². The van der Waals surface area contributed by atoms with E-state index in [0.29, 0.717) is 5.92 Å². The third kappa shape index (κ3) is 4.53. The van der Waals surface area contributed by atoms with E-state index >= 15 is 0 Å². The van der Waals surface area contributed by atoms with Gasteiger partial charge in [0.2, 0.25) is 0 Å². The van der Waals surface area contributed by atoms with Gasteiger partial charge in [-0.3, -0.25) is 4.99 Å². The predicted octanol–water partition coefficient (Wildman–Crippen LogP) is 3.57. The number of methoxy groups -OCH3 is 1. The van der Waals surface area contributed by atoms with Crippen LogP contribution in [0.15, 0.2) is 53.5 Å². The molecule has 6 heteroatoms. The van der Waals surface area contributed by atoms with E-state index in [2.05, 4.69) is 43.4 Å². The van der Waals surface area contributed by atoms with E-state index < -0.39 is 0 Å². The number of ether oxygens (including phenoxy) is 1. The molecule has 2 aromatic carbocycles. The summed E-state index contributed by atoms with van der Waals surface area (Å²) >= 11 is 0. The van der Waals surface area contributed by atoms with Gasteiger partial charge in [0.15, 0.2) is 5.96 Å². The van der Waals surface area contributed by atoms with Crippen LogP contribution in [0.1, 0.15) is 30.1 Å². The molecule has 152 valence electrons. The van der Waals surface area contributed by atoms with Gasteiger partial charge in [-0.25, -0.2) is 4.98 Å². The summed E-state index contributed by atoms with van der Waals surface area (Å²) in [6, 6.07) is 16.6. The number of nitrogens with zero attached hydrogens (tertiary/aromatic N) is 3. The Morgan fingerprint density at radius 1 is 1.24 bits per heavy atom. The second-order valence-corrected chi connectivity index (χ2v) is 7.48. The molecule has 2 N–H and O–H groups in total. The zero-order valence-electron chi connectivity index (χ0n) is 17.2. The third-order valence-corrected chi connectivity index (χ3v) is 5.60. The lowest BCUT2D eigenvalue weighted by atomic mass is 9.98. The van der Waals surface area contributed by atoms with Gasteiger partial charge in [-0.2, -0.15) is 0 Å². The summed E-state index contributed by atoms with van der Waals surface area (Å²) in [6.07, 6.45) is 3.08. The van der Waals surface area contributed by atoms with Gasteiger partial charge >= 0.3 is 0 Å². The first-order valence-electron chi connectivity index (χ1n) is 10.3. The molecular formula is C23H29N5O. The van der Waals surface area contributed by atoms with Crippen LogP contribution in [0.5, 0.6) is 5.75 Å². The zero-order chi connectivity index (χ0) is 20.1. The fourth-order valence-corrected chi connectivity index (χ4v) is 4.01. The van der Waals surface area contributed by atoms with Gasteiger partial charge in [0.05, 0.1) is 18.1 Å². The van der Waals surface area contributed by atoms with E-state index in [4.69, 9.17) is 4.74 Å². The van der Waals surface area contributed by atoms with E-state index in [0.717, 1.165) is 67.5 Å². The number of likely N-dealkylation sites (tertiary alicyclic amines) is 1. The van der Waals surface area contributed by atoms with Crippen molar-refractivity contribution >= 4 is 17.0 Å². The normalized spacial score (nSPS) is 17.1. The minimum Gasteiger partial charge on any atom is -0.497 e. The van der Waals surface area contributed by atoms with E-state index in [1.165, 1.54) is 5.56 Å². The lowest BCUT2D eigenvalue weighted by Crippen LogP contribution is -2.40. The molecule has 1 aliphatic heterocycles. The number of fused-ring (bicyclic) bond motifs is 1. The number of aliphatic imine (C=N–C) groups is 1. The fraction of sp³-hybridized carbons (Fsp3) is 0.391. The average molecular weight is 392 g/mol. The van der Waals surface area contributed by atoms with Crippen LogP contribution < -0.4 is 10.1 Å². The molecule has 1 saturated heterocycles. The Morgan fingerprint density at radius 3 is 2.83 bits per heavy atom. The first kappa shape index (κ1) is 19.3. The second kappa shape index (κ2) is 8.99. The summed E-state index contributed by atoms with van der Waals surface area (Å²) in [5, 5.41) is 3.52.